The molecule has 0 saturated carbocycles. The molecule has 0 unspecified atom stereocenters. The number of aromatic amines is 1. The first-order valence-corrected chi connectivity index (χ1v) is 8.96. The molecule has 0 atom stereocenters. The molecule has 0 spiro atoms. The van der Waals surface area contributed by atoms with Gasteiger partial charge in [-0.1, -0.05) is 6.07 Å². The maximum absolute atomic E-state index is 12.9. The number of hydrogen-bond donors (Lipinski definition) is 2. The zero-order chi connectivity index (χ0) is 18.8. The normalized spacial score (nSPS) is 13.2. The SMILES string of the molecule is O=C(COc1ccc(F)cc1)Nc1ccc2c3c(c(=O)[nH]c2c1)CCCC3. The number of pyridine rings is 1. The van der Waals surface area contributed by atoms with E-state index < -0.39 is 0 Å². The van der Waals surface area contributed by atoms with Gasteiger partial charge in [0.05, 0.1) is 5.52 Å². The molecule has 0 bridgehead atoms. The summed E-state index contributed by atoms with van der Waals surface area (Å²) in [5.41, 5.74) is 3.27. The Morgan fingerprint density at radius 3 is 2.59 bits per heavy atom. The molecule has 27 heavy (non-hydrogen) atoms. The molecular weight excluding hydrogens is 347 g/mol. The van der Waals surface area contributed by atoms with Crippen LogP contribution in [0.3, 0.4) is 0 Å². The Labute approximate surface area is 155 Å². The van der Waals surface area contributed by atoms with E-state index >= 15 is 0 Å². The monoisotopic (exact) mass is 366 g/mol. The number of carbonyl (C=O) groups is 1. The molecule has 1 aromatic heterocycles. The molecule has 0 aliphatic heterocycles. The summed E-state index contributed by atoms with van der Waals surface area (Å²) in [6.45, 7) is -0.190. The number of anilines is 1. The first-order valence-electron chi connectivity index (χ1n) is 8.96. The molecule has 5 nitrogen and oxygen atoms in total. The largest absolute Gasteiger partial charge is 0.484 e. The maximum atomic E-state index is 12.9. The zero-order valence-corrected chi connectivity index (χ0v) is 14.7. The number of rotatable bonds is 4. The highest BCUT2D eigenvalue weighted by atomic mass is 19.1. The van der Waals surface area contributed by atoms with Gasteiger partial charge in [-0.15, -0.1) is 0 Å². The molecule has 4 rings (SSSR count). The van der Waals surface area contributed by atoms with Crippen LogP contribution in [0.1, 0.15) is 24.0 Å². The molecule has 6 heteroatoms. The highest BCUT2D eigenvalue weighted by Gasteiger charge is 2.16. The minimum Gasteiger partial charge on any atom is -0.484 e. The third kappa shape index (κ3) is 3.69. The molecule has 2 N–H and O–H groups in total. The van der Waals surface area contributed by atoms with Gasteiger partial charge in [0.25, 0.3) is 11.5 Å². The third-order valence-corrected chi connectivity index (χ3v) is 4.80. The fraction of sp³-hybridized carbons (Fsp3) is 0.238. The molecule has 1 aliphatic rings. The Bertz CT molecular complexity index is 1060. The molecule has 2 aromatic carbocycles. The molecule has 3 aromatic rings. The van der Waals surface area contributed by atoms with E-state index in [2.05, 4.69) is 10.3 Å². The maximum Gasteiger partial charge on any atom is 0.262 e. The number of nitrogens with one attached hydrogen (secondary N) is 2. The second-order valence-corrected chi connectivity index (χ2v) is 6.67. The molecule has 0 saturated heterocycles. The lowest BCUT2D eigenvalue weighted by Crippen LogP contribution is -2.21. The van der Waals surface area contributed by atoms with Crippen LogP contribution >= 0.6 is 0 Å². The summed E-state index contributed by atoms with van der Waals surface area (Å²) in [7, 11) is 0. The van der Waals surface area contributed by atoms with E-state index in [0.717, 1.165) is 47.7 Å². The van der Waals surface area contributed by atoms with E-state index in [-0.39, 0.29) is 23.9 Å². The molecule has 0 fully saturated rings. The van der Waals surface area contributed by atoms with E-state index in [0.29, 0.717) is 11.4 Å². The van der Waals surface area contributed by atoms with Gasteiger partial charge >= 0.3 is 0 Å². The van der Waals surface area contributed by atoms with Crippen molar-refractivity contribution in [2.75, 3.05) is 11.9 Å². The number of carbonyl (C=O) groups excluding carboxylic acids is 1. The van der Waals surface area contributed by atoms with Gasteiger partial charge in [-0.05, 0) is 67.6 Å². The van der Waals surface area contributed by atoms with Crippen molar-refractivity contribution >= 4 is 22.5 Å². The number of aryl methyl sites for hydroxylation is 1. The first kappa shape index (κ1) is 17.3. The van der Waals surface area contributed by atoms with Crippen molar-refractivity contribution in [3.8, 4) is 5.75 Å². The second kappa shape index (κ2) is 7.23. The van der Waals surface area contributed by atoms with Gasteiger partial charge in [-0.3, -0.25) is 9.59 Å². The van der Waals surface area contributed by atoms with Crippen LogP contribution in [-0.4, -0.2) is 17.5 Å². The number of benzene rings is 2. The number of aromatic nitrogens is 1. The minimum absolute atomic E-state index is 0.0414. The third-order valence-electron chi connectivity index (χ3n) is 4.80. The van der Waals surface area contributed by atoms with Gasteiger partial charge in [0, 0.05) is 16.6 Å². The van der Waals surface area contributed by atoms with Crippen molar-refractivity contribution in [3.63, 3.8) is 0 Å². The van der Waals surface area contributed by atoms with Crippen molar-refractivity contribution in [3.05, 3.63) is 69.8 Å². The number of halogens is 1. The van der Waals surface area contributed by atoms with Crippen molar-refractivity contribution in [2.45, 2.75) is 25.7 Å². The summed E-state index contributed by atoms with van der Waals surface area (Å²) in [4.78, 5) is 27.3. The highest BCUT2D eigenvalue weighted by Crippen LogP contribution is 2.27. The Kier molecular flexibility index (Phi) is 4.62. The number of H-pyrrole nitrogens is 1. The quantitative estimate of drug-likeness (QED) is 0.742. The summed E-state index contributed by atoms with van der Waals surface area (Å²) in [6.07, 6.45) is 3.86. The summed E-state index contributed by atoms with van der Waals surface area (Å²) in [5.74, 6) is -0.279. The van der Waals surface area contributed by atoms with E-state index in [1.165, 1.54) is 24.3 Å². The molecular formula is C21H19FN2O3. The first-order chi connectivity index (χ1) is 13.1. The van der Waals surface area contributed by atoms with E-state index in [1.54, 1.807) is 6.07 Å². The lowest BCUT2D eigenvalue weighted by Gasteiger charge is -2.17. The van der Waals surface area contributed by atoms with Crippen molar-refractivity contribution in [1.29, 1.82) is 0 Å². The van der Waals surface area contributed by atoms with Gasteiger partial charge in [-0.2, -0.15) is 0 Å². The van der Waals surface area contributed by atoms with Crippen LogP contribution in [0.4, 0.5) is 10.1 Å². The highest BCUT2D eigenvalue weighted by molar-refractivity contribution is 5.95. The van der Waals surface area contributed by atoms with Crippen LogP contribution < -0.4 is 15.6 Å². The predicted octanol–water partition coefficient (Wildman–Crippen LogP) is 3.56. The van der Waals surface area contributed by atoms with Gasteiger partial charge in [0.2, 0.25) is 0 Å². The average molecular weight is 366 g/mol. The number of fused-ring (bicyclic) bond motifs is 3. The predicted molar refractivity (Wildman–Crippen MR) is 102 cm³/mol. The van der Waals surface area contributed by atoms with Gasteiger partial charge in [-0.25, -0.2) is 4.39 Å². The number of hydrogen-bond acceptors (Lipinski definition) is 3. The molecule has 1 heterocycles. The summed E-state index contributed by atoms with van der Waals surface area (Å²) >= 11 is 0. The lowest BCUT2D eigenvalue weighted by atomic mass is 9.90. The smallest absolute Gasteiger partial charge is 0.262 e. The van der Waals surface area contributed by atoms with E-state index in [9.17, 15) is 14.0 Å². The Balaban J connectivity index is 1.49. The van der Waals surface area contributed by atoms with Crippen LogP contribution in [0, 0.1) is 5.82 Å². The zero-order valence-electron chi connectivity index (χ0n) is 14.7. The summed E-state index contributed by atoms with van der Waals surface area (Å²) in [5, 5.41) is 3.79. The molecule has 1 amide bonds. The van der Waals surface area contributed by atoms with Crippen molar-refractivity contribution < 1.29 is 13.9 Å². The fourth-order valence-corrected chi connectivity index (χ4v) is 3.52. The van der Waals surface area contributed by atoms with E-state index in [4.69, 9.17) is 4.74 Å². The Morgan fingerprint density at radius 1 is 1.07 bits per heavy atom. The second-order valence-electron chi connectivity index (χ2n) is 6.67. The van der Waals surface area contributed by atoms with Crippen LogP contribution in [-0.2, 0) is 17.6 Å². The van der Waals surface area contributed by atoms with Crippen molar-refractivity contribution in [1.82, 2.24) is 4.98 Å². The topological polar surface area (TPSA) is 71.2 Å². The standard InChI is InChI=1S/C21H19FN2O3/c22-13-5-8-15(9-6-13)27-12-20(25)23-14-7-10-17-16-3-1-2-4-18(16)21(26)24-19(17)11-14/h5-11H,1-4,12H2,(H,23,25)(H,24,26). The Morgan fingerprint density at radius 2 is 1.81 bits per heavy atom. The molecule has 138 valence electrons. The number of ether oxygens (including phenoxy) is 1. The lowest BCUT2D eigenvalue weighted by molar-refractivity contribution is -0.118. The van der Waals surface area contributed by atoms with Crippen molar-refractivity contribution in [2.24, 2.45) is 0 Å². The fourth-order valence-electron chi connectivity index (χ4n) is 3.52. The van der Waals surface area contributed by atoms with Gasteiger partial charge < -0.3 is 15.0 Å². The van der Waals surface area contributed by atoms with Crippen LogP contribution in [0.2, 0.25) is 0 Å². The van der Waals surface area contributed by atoms with Crippen LogP contribution in [0.15, 0.2) is 47.3 Å². The molecule has 0 radical (unpaired) electrons. The van der Waals surface area contributed by atoms with Crippen LogP contribution in [0.25, 0.3) is 10.9 Å². The van der Waals surface area contributed by atoms with E-state index in [1.807, 2.05) is 12.1 Å². The van der Waals surface area contributed by atoms with Gasteiger partial charge in [0.15, 0.2) is 6.61 Å². The minimum atomic E-state index is -0.362. The summed E-state index contributed by atoms with van der Waals surface area (Å²) in [6, 6.07) is 11.0. The van der Waals surface area contributed by atoms with Crippen LogP contribution in [0.5, 0.6) is 5.75 Å². The molecule has 1 aliphatic carbocycles. The Hall–Kier alpha value is -3.15. The van der Waals surface area contributed by atoms with Gasteiger partial charge in [0.1, 0.15) is 11.6 Å². The average Bonchev–Trinajstić information content (AvgIpc) is 2.68. The number of amides is 1. The summed E-state index contributed by atoms with van der Waals surface area (Å²) < 4.78 is 18.2.